The van der Waals surface area contributed by atoms with Gasteiger partial charge < -0.3 is 25.0 Å². The van der Waals surface area contributed by atoms with Crippen molar-refractivity contribution in [2.24, 2.45) is 0 Å². The Bertz CT molecular complexity index is 1830. The molecule has 0 unspecified atom stereocenters. The smallest absolute Gasteiger partial charge is 0.325 e. The monoisotopic (exact) mass is 707 g/mol. The third-order valence-electron chi connectivity index (χ3n) is 7.98. The minimum Gasteiger partial charge on any atom is -0.496 e. The molecule has 14 heteroatoms. The summed E-state index contributed by atoms with van der Waals surface area (Å²) in [5.41, 5.74) is 0.707. The summed E-state index contributed by atoms with van der Waals surface area (Å²) < 4.78 is 40.7. The van der Waals surface area contributed by atoms with Gasteiger partial charge in [0.15, 0.2) is 0 Å². The van der Waals surface area contributed by atoms with Gasteiger partial charge in [0.2, 0.25) is 11.8 Å². The lowest BCUT2D eigenvalue weighted by molar-refractivity contribution is -0.154. The molecule has 3 amide bonds. The Morgan fingerprint density at radius 3 is 2.22 bits per heavy atom. The predicted octanol–water partition coefficient (Wildman–Crippen LogP) is 3.32. The molecule has 1 saturated heterocycles. The van der Waals surface area contributed by atoms with Crippen LogP contribution in [0.2, 0.25) is 0 Å². The van der Waals surface area contributed by atoms with Gasteiger partial charge in [-0.05, 0) is 107 Å². The van der Waals surface area contributed by atoms with E-state index in [1.165, 1.54) is 7.11 Å². The number of sulfonamides is 1. The number of nitriles is 1. The van der Waals surface area contributed by atoms with Crippen LogP contribution in [0.3, 0.4) is 0 Å². The fraction of sp³-hybridized carbons (Fsp3) is 0.417. The first-order chi connectivity index (χ1) is 23.4. The van der Waals surface area contributed by atoms with Crippen LogP contribution >= 0.6 is 0 Å². The molecule has 1 aliphatic rings. The number of hydrogen-bond donors (Lipinski definition) is 3. The molecule has 2 aromatic carbocycles. The average molecular weight is 708 g/mol. The van der Waals surface area contributed by atoms with E-state index in [1.54, 1.807) is 76.8 Å². The number of carbonyl (C=O) groups excluding carboxylic acids is 4. The molecule has 3 N–H and O–H groups in total. The van der Waals surface area contributed by atoms with E-state index in [1.807, 2.05) is 6.07 Å². The van der Waals surface area contributed by atoms with Gasteiger partial charge >= 0.3 is 5.97 Å². The van der Waals surface area contributed by atoms with Crippen molar-refractivity contribution >= 4 is 39.3 Å². The molecule has 0 saturated carbocycles. The number of esters is 1. The highest BCUT2D eigenvalue weighted by atomic mass is 32.2. The fourth-order valence-corrected chi connectivity index (χ4v) is 7.01. The van der Waals surface area contributed by atoms with Gasteiger partial charge in [-0.3, -0.25) is 23.9 Å². The van der Waals surface area contributed by atoms with Gasteiger partial charge in [-0.15, -0.1) is 0 Å². The molecule has 0 aliphatic carbocycles. The van der Waals surface area contributed by atoms with Crippen LogP contribution < -0.4 is 20.1 Å². The maximum Gasteiger partial charge on any atom is 0.325 e. The Morgan fingerprint density at radius 2 is 1.66 bits per heavy atom. The van der Waals surface area contributed by atoms with Crippen LogP contribution in [0.25, 0.3) is 5.57 Å². The number of ether oxygens (including phenoxy) is 2. The molecule has 1 atom stereocenters. The zero-order valence-corrected chi connectivity index (χ0v) is 30.4. The van der Waals surface area contributed by atoms with Gasteiger partial charge in [0.1, 0.15) is 29.6 Å². The molecule has 0 bridgehead atoms. The SMILES string of the molecule is C=C(c1ccc(C#N)cc1)[C@@H](NC(=O)/C(=C\C(=O)NCC(=O)OC(C)(C)C)NS(=O)(=O)c1c(C)cc(OC)c(C)c1C)C(=O)N1CCCCC1. The molecule has 1 fully saturated rings. The van der Waals surface area contributed by atoms with Crippen molar-refractivity contribution in [2.75, 3.05) is 26.7 Å². The number of likely N-dealkylation sites (tertiary alicyclic amines) is 1. The number of carbonyl (C=O) groups is 4. The predicted molar refractivity (Wildman–Crippen MR) is 187 cm³/mol. The second-order valence-corrected chi connectivity index (χ2v) is 14.6. The lowest BCUT2D eigenvalue weighted by Crippen LogP contribution is -2.51. The van der Waals surface area contributed by atoms with Crippen LogP contribution in [0.15, 0.2) is 53.6 Å². The summed E-state index contributed by atoms with van der Waals surface area (Å²) in [6.45, 7) is 14.2. The summed E-state index contributed by atoms with van der Waals surface area (Å²) in [6, 6.07) is 8.46. The normalized spacial score (nSPS) is 14.1. The quantitative estimate of drug-likeness (QED) is 0.220. The summed E-state index contributed by atoms with van der Waals surface area (Å²) in [5, 5.41) is 14.1. The highest BCUT2D eigenvalue weighted by molar-refractivity contribution is 7.89. The van der Waals surface area contributed by atoms with E-state index in [9.17, 15) is 32.9 Å². The summed E-state index contributed by atoms with van der Waals surface area (Å²) in [4.78, 5) is 54.7. The highest BCUT2D eigenvalue weighted by Crippen LogP contribution is 2.31. The van der Waals surface area contributed by atoms with Gasteiger partial charge in [0.05, 0.1) is 23.6 Å². The third-order valence-corrected chi connectivity index (χ3v) is 9.64. The van der Waals surface area contributed by atoms with E-state index in [-0.39, 0.29) is 10.5 Å². The van der Waals surface area contributed by atoms with Crippen molar-refractivity contribution in [2.45, 2.75) is 77.3 Å². The number of benzene rings is 2. The number of aryl methyl sites for hydroxylation is 1. The molecule has 0 spiro atoms. The fourth-order valence-electron chi connectivity index (χ4n) is 5.43. The number of rotatable bonds is 12. The maximum absolute atomic E-state index is 14.0. The van der Waals surface area contributed by atoms with Gasteiger partial charge in [-0.25, -0.2) is 8.42 Å². The lowest BCUT2D eigenvalue weighted by Gasteiger charge is -2.32. The molecule has 3 rings (SSSR count). The van der Waals surface area contributed by atoms with E-state index in [2.05, 4.69) is 21.9 Å². The molecule has 50 heavy (non-hydrogen) atoms. The summed E-state index contributed by atoms with van der Waals surface area (Å²) in [6.07, 6.45) is 3.16. The number of nitrogens with zero attached hydrogens (tertiary/aromatic N) is 2. The first kappa shape index (κ1) is 39.3. The molecular weight excluding hydrogens is 662 g/mol. The van der Waals surface area contributed by atoms with E-state index >= 15 is 0 Å². The Morgan fingerprint density at radius 1 is 1.04 bits per heavy atom. The zero-order chi connectivity index (χ0) is 37.4. The van der Waals surface area contributed by atoms with Crippen molar-refractivity contribution in [3.63, 3.8) is 0 Å². The third kappa shape index (κ3) is 10.2. The van der Waals surface area contributed by atoms with Gasteiger partial charge in [0, 0.05) is 19.2 Å². The first-order valence-corrected chi connectivity index (χ1v) is 17.5. The molecule has 2 aromatic rings. The number of methoxy groups -OCH3 is 1. The van der Waals surface area contributed by atoms with Gasteiger partial charge in [0.25, 0.3) is 15.9 Å². The molecule has 0 radical (unpaired) electrons. The summed E-state index contributed by atoms with van der Waals surface area (Å²) in [7, 11) is -3.07. The van der Waals surface area contributed by atoms with Crippen molar-refractivity contribution < 1.29 is 37.1 Å². The van der Waals surface area contributed by atoms with Crippen LogP contribution in [0.1, 0.15) is 67.9 Å². The molecule has 13 nitrogen and oxygen atoms in total. The van der Waals surface area contributed by atoms with Crippen LogP contribution in [0.5, 0.6) is 5.75 Å². The lowest BCUT2D eigenvalue weighted by atomic mass is 9.97. The van der Waals surface area contributed by atoms with E-state index < -0.39 is 57.6 Å². The average Bonchev–Trinajstić information content (AvgIpc) is 3.06. The Balaban J connectivity index is 2.06. The van der Waals surface area contributed by atoms with Crippen molar-refractivity contribution in [1.29, 1.82) is 5.26 Å². The van der Waals surface area contributed by atoms with Crippen LogP contribution in [-0.4, -0.2) is 75.4 Å². The number of hydrogen-bond acceptors (Lipinski definition) is 9. The minimum absolute atomic E-state index is 0.133. The largest absolute Gasteiger partial charge is 0.496 e. The molecular formula is C36H45N5O8S. The van der Waals surface area contributed by atoms with Gasteiger partial charge in [-0.2, -0.15) is 5.26 Å². The van der Waals surface area contributed by atoms with Crippen molar-refractivity contribution in [3.05, 3.63) is 76.5 Å². The van der Waals surface area contributed by atoms with Crippen LogP contribution in [0.4, 0.5) is 0 Å². The number of nitrogens with one attached hydrogen (secondary N) is 3. The molecule has 1 heterocycles. The van der Waals surface area contributed by atoms with Crippen molar-refractivity contribution in [3.8, 4) is 11.8 Å². The number of piperidine rings is 1. The summed E-state index contributed by atoms with van der Waals surface area (Å²) >= 11 is 0. The number of amides is 3. The zero-order valence-electron chi connectivity index (χ0n) is 29.6. The molecule has 268 valence electrons. The summed E-state index contributed by atoms with van der Waals surface area (Å²) in [5.74, 6) is -2.84. The van der Waals surface area contributed by atoms with E-state index in [4.69, 9.17) is 9.47 Å². The topological polar surface area (TPSA) is 184 Å². The van der Waals surface area contributed by atoms with E-state index in [0.717, 1.165) is 19.3 Å². The Hall–Kier alpha value is -5.16. The highest BCUT2D eigenvalue weighted by Gasteiger charge is 2.33. The second-order valence-electron chi connectivity index (χ2n) is 12.9. The van der Waals surface area contributed by atoms with E-state index in [0.29, 0.717) is 52.7 Å². The molecule has 0 aromatic heterocycles. The van der Waals surface area contributed by atoms with Crippen LogP contribution in [-0.2, 0) is 33.9 Å². The van der Waals surface area contributed by atoms with Gasteiger partial charge in [-0.1, -0.05) is 18.7 Å². The standard InChI is InChI=1S/C36H45N5O8S/c1-22-18-29(48-8)23(2)24(3)33(22)50(46,47)40-28(19-30(42)38-21-31(43)49-36(5,6)7)34(44)39-32(35(45)41-16-10-9-11-17-41)25(4)27-14-12-26(20-37)13-15-27/h12-15,18-19,32,40H,4,9-11,16-17,21H2,1-3,5-8H3,(H,38,42)(H,39,44)/b28-19+/t32-/m1/s1. The first-order valence-electron chi connectivity index (χ1n) is 16.1. The van der Waals surface area contributed by atoms with Crippen molar-refractivity contribution in [1.82, 2.24) is 20.3 Å². The Kier molecular flexibility index (Phi) is 13.0. The minimum atomic E-state index is -4.53. The molecule has 1 aliphatic heterocycles. The Labute approximate surface area is 293 Å². The second kappa shape index (κ2) is 16.5. The maximum atomic E-state index is 14.0. The van der Waals surface area contributed by atoms with Crippen LogP contribution in [0, 0.1) is 32.1 Å².